The predicted octanol–water partition coefficient (Wildman–Crippen LogP) is 13.3. The molecule has 1 N–H and O–H groups in total. The predicted molar refractivity (Wildman–Crippen MR) is 186 cm³/mol. The van der Waals surface area contributed by atoms with Crippen LogP contribution in [0.2, 0.25) is 0 Å². The number of carbonyl (C=O) groups excluding carboxylic acids is 1. The lowest BCUT2D eigenvalue weighted by molar-refractivity contribution is -0.150. The molecule has 0 spiro atoms. The number of carboxylic acid groups (broad SMARTS) is 1. The molecule has 0 aromatic rings. The molecule has 0 bridgehead atoms. The number of hydrogen-bond donors (Lipinski definition) is 1. The van der Waals surface area contributed by atoms with Gasteiger partial charge in [-0.3, -0.25) is 9.59 Å². The third-order valence-corrected chi connectivity index (χ3v) is 9.08. The van der Waals surface area contributed by atoms with E-state index in [9.17, 15) is 9.59 Å². The Morgan fingerprint density at radius 3 is 1.07 bits per heavy atom. The Morgan fingerprint density at radius 2 is 0.698 bits per heavy atom. The van der Waals surface area contributed by atoms with E-state index >= 15 is 0 Å². The lowest BCUT2D eigenvalue weighted by atomic mass is 10.0. The van der Waals surface area contributed by atoms with E-state index in [0.29, 0.717) is 12.8 Å². The van der Waals surface area contributed by atoms with Crippen LogP contribution in [0.1, 0.15) is 232 Å². The van der Waals surface area contributed by atoms with Gasteiger partial charge in [0.15, 0.2) is 0 Å². The standard InChI is InChI=1S/C39H76O4/c1-3-5-7-8-9-10-11-12-16-19-22-25-28-32-36-39(42)43-37(33-29-6-4-2)34-30-26-23-20-17-14-13-15-18-21-24-27-31-35-38(40)41/h37H,3-36H2,1-2H3,(H,40,41). The van der Waals surface area contributed by atoms with Crippen molar-refractivity contribution in [2.24, 2.45) is 0 Å². The van der Waals surface area contributed by atoms with Gasteiger partial charge in [0, 0.05) is 12.8 Å². The number of aliphatic carboxylic acids is 1. The van der Waals surface area contributed by atoms with Gasteiger partial charge in [-0.2, -0.15) is 0 Å². The lowest BCUT2D eigenvalue weighted by Crippen LogP contribution is -2.18. The van der Waals surface area contributed by atoms with E-state index < -0.39 is 5.97 Å². The zero-order valence-corrected chi connectivity index (χ0v) is 29.3. The van der Waals surface area contributed by atoms with E-state index in [1.54, 1.807) is 0 Å². The van der Waals surface area contributed by atoms with Crippen LogP contribution in [0.4, 0.5) is 0 Å². The zero-order chi connectivity index (χ0) is 31.5. The Hall–Kier alpha value is -1.06. The van der Waals surface area contributed by atoms with Crippen LogP contribution in [0.5, 0.6) is 0 Å². The van der Waals surface area contributed by atoms with Gasteiger partial charge in [-0.1, -0.05) is 181 Å². The molecule has 0 radical (unpaired) electrons. The van der Waals surface area contributed by atoms with Crippen LogP contribution in [0.3, 0.4) is 0 Å². The molecule has 1 atom stereocenters. The van der Waals surface area contributed by atoms with Gasteiger partial charge in [-0.05, 0) is 38.5 Å². The first-order valence-corrected chi connectivity index (χ1v) is 19.5. The molecule has 4 nitrogen and oxygen atoms in total. The number of unbranched alkanes of at least 4 members (excludes halogenated alkanes) is 27. The van der Waals surface area contributed by atoms with Crippen molar-refractivity contribution in [2.75, 3.05) is 0 Å². The maximum atomic E-state index is 12.5. The Morgan fingerprint density at radius 1 is 0.419 bits per heavy atom. The summed E-state index contributed by atoms with van der Waals surface area (Å²) >= 11 is 0. The minimum absolute atomic E-state index is 0.0423. The number of carboxylic acids is 1. The van der Waals surface area contributed by atoms with Crippen molar-refractivity contribution >= 4 is 11.9 Å². The fraction of sp³-hybridized carbons (Fsp3) is 0.949. The van der Waals surface area contributed by atoms with E-state index in [0.717, 1.165) is 32.1 Å². The van der Waals surface area contributed by atoms with Gasteiger partial charge in [0.2, 0.25) is 0 Å². The molecule has 1 unspecified atom stereocenters. The Kier molecular flexibility index (Phi) is 34.5. The van der Waals surface area contributed by atoms with Gasteiger partial charge in [-0.25, -0.2) is 0 Å². The highest BCUT2D eigenvalue weighted by atomic mass is 16.5. The quantitative estimate of drug-likeness (QED) is 0.0567. The molecule has 0 aliphatic rings. The van der Waals surface area contributed by atoms with Gasteiger partial charge in [0.05, 0.1) is 0 Å². The van der Waals surface area contributed by atoms with Crippen molar-refractivity contribution in [3.05, 3.63) is 0 Å². The van der Waals surface area contributed by atoms with Gasteiger partial charge >= 0.3 is 11.9 Å². The van der Waals surface area contributed by atoms with Crippen LogP contribution in [-0.4, -0.2) is 23.1 Å². The SMILES string of the molecule is CCCCCCCCCCCCCCCCC(=O)OC(CCCCC)CCCCCCCCCCCCCCCC(=O)O. The molecule has 4 heteroatoms. The second-order valence-electron chi connectivity index (χ2n) is 13.5. The molecule has 0 heterocycles. The minimum Gasteiger partial charge on any atom is -0.481 e. The monoisotopic (exact) mass is 609 g/mol. The molecule has 0 fully saturated rings. The first-order chi connectivity index (χ1) is 21.1. The van der Waals surface area contributed by atoms with Crippen molar-refractivity contribution in [1.82, 2.24) is 0 Å². The fourth-order valence-electron chi connectivity index (χ4n) is 6.19. The van der Waals surface area contributed by atoms with Gasteiger partial charge in [0.1, 0.15) is 6.10 Å². The highest BCUT2D eigenvalue weighted by Crippen LogP contribution is 2.19. The number of carbonyl (C=O) groups is 2. The molecule has 0 saturated carbocycles. The van der Waals surface area contributed by atoms with Crippen LogP contribution >= 0.6 is 0 Å². The second kappa shape index (κ2) is 35.4. The largest absolute Gasteiger partial charge is 0.481 e. The minimum atomic E-state index is -0.666. The molecule has 0 saturated heterocycles. The summed E-state index contributed by atoms with van der Waals surface area (Å²) in [5.41, 5.74) is 0. The average Bonchev–Trinajstić information content (AvgIpc) is 2.99. The summed E-state index contributed by atoms with van der Waals surface area (Å²) in [5.74, 6) is -0.624. The smallest absolute Gasteiger partial charge is 0.306 e. The molecule has 43 heavy (non-hydrogen) atoms. The molecule has 0 aliphatic carbocycles. The summed E-state index contributed by atoms with van der Waals surface area (Å²) in [6.45, 7) is 4.52. The molecule has 0 aromatic heterocycles. The molecule has 256 valence electrons. The molecule has 0 amide bonds. The fourth-order valence-corrected chi connectivity index (χ4v) is 6.19. The van der Waals surface area contributed by atoms with E-state index in [4.69, 9.17) is 9.84 Å². The summed E-state index contributed by atoms with van der Waals surface area (Å²) in [4.78, 5) is 23.1. The molecular weight excluding hydrogens is 532 g/mol. The van der Waals surface area contributed by atoms with Crippen LogP contribution in [-0.2, 0) is 14.3 Å². The second-order valence-corrected chi connectivity index (χ2v) is 13.5. The van der Waals surface area contributed by atoms with Crippen molar-refractivity contribution in [3.63, 3.8) is 0 Å². The van der Waals surface area contributed by atoms with Crippen LogP contribution in [0, 0.1) is 0 Å². The van der Waals surface area contributed by atoms with Gasteiger partial charge in [-0.15, -0.1) is 0 Å². The highest BCUT2D eigenvalue weighted by Gasteiger charge is 2.14. The zero-order valence-electron chi connectivity index (χ0n) is 29.3. The van der Waals surface area contributed by atoms with Crippen molar-refractivity contribution in [2.45, 2.75) is 238 Å². The summed E-state index contributed by atoms with van der Waals surface area (Å²) in [6.07, 6.45) is 41.6. The topological polar surface area (TPSA) is 63.6 Å². The first-order valence-electron chi connectivity index (χ1n) is 19.5. The van der Waals surface area contributed by atoms with Crippen LogP contribution < -0.4 is 0 Å². The Balaban J connectivity index is 3.68. The summed E-state index contributed by atoms with van der Waals surface area (Å²) in [5, 5.41) is 8.67. The summed E-state index contributed by atoms with van der Waals surface area (Å²) < 4.78 is 5.97. The van der Waals surface area contributed by atoms with Crippen molar-refractivity contribution in [3.8, 4) is 0 Å². The van der Waals surface area contributed by atoms with Gasteiger partial charge < -0.3 is 9.84 Å². The van der Waals surface area contributed by atoms with E-state index in [1.807, 2.05) is 0 Å². The summed E-state index contributed by atoms with van der Waals surface area (Å²) in [7, 11) is 0. The Labute approximate surface area is 269 Å². The number of esters is 1. The maximum Gasteiger partial charge on any atom is 0.306 e. The lowest BCUT2D eigenvalue weighted by Gasteiger charge is -2.18. The van der Waals surface area contributed by atoms with Gasteiger partial charge in [0.25, 0.3) is 0 Å². The normalized spacial score (nSPS) is 12.0. The molecule has 0 aromatic carbocycles. The number of hydrogen-bond acceptors (Lipinski definition) is 3. The molecular formula is C39H76O4. The van der Waals surface area contributed by atoms with Crippen LogP contribution in [0.25, 0.3) is 0 Å². The van der Waals surface area contributed by atoms with Crippen molar-refractivity contribution in [1.29, 1.82) is 0 Å². The first kappa shape index (κ1) is 41.9. The third kappa shape index (κ3) is 35.3. The van der Waals surface area contributed by atoms with E-state index in [2.05, 4.69) is 13.8 Å². The van der Waals surface area contributed by atoms with Crippen LogP contribution in [0.15, 0.2) is 0 Å². The molecule has 0 rings (SSSR count). The van der Waals surface area contributed by atoms with E-state index in [-0.39, 0.29) is 12.1 Å². The number of ether oxygens (including phenoxy) is 1. The highest BCUT2D eigenvalue weighted by molar-refractivity contribution is 5.69. The molecule has 0 aliphatic heterocycles. The van der Waals surface area contributed by atoms with E-state index in [1.165, 1.54) is 173 Å². The Bertz CT molecular complexity index is 576. The average molecular weight is 609 g/mol. The third-order valence-electron chi connectivity index (χ3n) is 9.08. The number of rotatable bonds is 36. The van der Waals surface area contributed by atoms with Crippen molar-refractivity contribution < 1.29 is 19.4 Å². The maximum absolute atomic E-state index is 12.5. The summed E-state index contributed by atoms with van der Waals surface area (Å²) in [6, 6.07) is 0.